The van der Waals surface area contributed by atoms with E-state index < -0.39 is 17.6 Å². The number of nitrogens with zero attached hydrogens (tertiary/aromatic N) is 1. The van der Waals surface area contributed by atoms with Crippen molar-refractivity contribution in [1.82, 2.24) is 4.90 Å². The summed E-state index contributed by atoms with van der Waals surface area (Å²) in [4.78, 5) is 24.6. The number of ether oxygens (including phenoxy) is 2. The fraction of sp³-hybridized carbons (Fsp3) is 0.286. The number of halogens is 1. The molecule has 0 aliphatic carbocycles. The van der Waals surface area contributed by atoms with E-state index in [0.29, 0.717) is 0 Å². The Labute approximate surface area is 125 Å². The number of carbonyl (C=O) groups is 2. The Morgan fingerprint density at radius 3 is 2.59 bits per heavy atom. The van der Waals surface area contributed by atoms with E-state index in [0.717, 1.165) is 11.0 Å². The first-order chi connectivity index (χ1) is 10.5. The SMILES string of the molecule is COc1ccc(NC2=CC(=O)N(CCO)C2=O)c(OC)c1F. The zero-order valence-corrected chi connectivity index (χ0v) is 12.1. The van der Waals surface area contributed by atoms with Crippen molar-refractivity contribution in [3.8, 4) is 11.5 Å². The van der Waals surface area contributed by atoms with Gasteiger partial charge in [0.25, 0.3) is 11.8 Å². The van der Waals surface area contributed by atoms with Crippen LogP contribution in [0.5, 0.6) is 11.5 Å². The predicted octanol–water partition coefficient (Wildman–Crippen LogP) is 0.500. The summed E-state index contributed by atoms with van der Waals surface area (Å²) in [5.41, 5.74) is 0.153. The first-order valence-electron chi connectivity index (χ1n) is 6.39. The van der Waals surface area contributed by atoms with E-state index in [4.69, 9.17) is 14.6 Å². The normalized spacial score (nSPS) is 14.2. The summed E-state index contributed by atoms with van der Waals surface area (Å²) in [7, 11) is 2.59. The van der Waals surface area contributed by atoms with E-state index in [1.807, 2.05) is 0 Å². The lowest BCUT2D eigenvalue weighted by Crippen LogP contribution is -2.34. The van der Waals surface area contributed by atoms with Crippen LogP contribution in [0.15, 0.2) is 23.9 Å². The molecule has 1 aliphatic rings. The van der Waals surface area contributed by atoms with Crippen molar-refractivity contribution in [1.29, 1.82) is 0 Å². The molecule has 0 spiro atoms. The largest absolute Gasteiger partial charge is 0.494 e. The highest BCUT2D eigenvalue weighted by Crippen LogP contribution is 2.35. The number of aliphatic hydroxyl groups excluding tert-OH is 1. The van der Waals surface area contributed by atoms with Crippen LogP contribution < -0.4 is 14.8 Å². The van der Waals surface area contributed by atoms with Crippen LogP contribution in [0.3, 0.4) is 0 Å². The summed E-state index contributed by atoms with van der Waals surface area (Å²) in [6.07, 6.45) is 1.08. The number of benzene rings is 1. The zero-order valence-electron chi connectivity index (χ0n) is 12.1. The number of hydrogen-bond donors (Lipinski definition) is 2. The number of nitrogens with one attached hydrogen (secondary N) is 1. The maximum absolute atomic E-state index is 14.1. The molecule has 0 atom stereocenters. The van der Waals surface area contributed by atoms with Crippen LogP contribution in [0.4, 0.5) is 10.1 Å². The Hall–Kier alpha value is -2.61. The van der Waals surface area contributed by atoms with Gasteiger partial charge in [0.05, 0.1) is 33.1 Å². The average Bonchev–Trinajstić information content (AvgIpc) is 2.76. The summed E-state index contributed by atoms with van der Waals surface area (Å²) in [6, 6.07) is 2.83. The lowest BCUT2D eigenvalue weighted by atomic mass is 10.2. The fourth-order valence-corrected chi connectivity index (χ4v) is 2.05. The second kappa shape index (κ2) is 6.44. The Balaban J connectivity index is 2.29. The van der Waals surface area contributed by atoms with Crippen molar-refractivity contribution in [2.45, 2.75) is 0 Å². The van der Waals surface area contributed by atoms with Crippen LogP contribution in [0.25, 0.3) is 0 Å². The van der Waals surface area contributed by atoms with Crippen molar-refractivity contribution >= 4 is 17.5 Å². The van der Waals surface area contributed by atoms with E-state index in [9.17, 15) is 14.0 Å². The van der Waals surface area contributed by atoms with Crippen LogP contribution in [0, 0.1) is 5.82 Å². The number of amides is 2. The van der Waals surface area contributed by atoms with Gasteiger partial charge in [-0.1, -0.05) is 0 Å². The van der Waals surface area contributed by atoms with Crippen LogP contribution in [-0.4, -0.2) is 49.2 Å². The van der Waals surface area contributed by atoms with Crippen LogP contribution in [0.1, 0.15) is 0 Å². The molecule has 0 bridgehead atoms. The highest BCUT2D eigenvalue weighted by molar-refractivity contribution is 6.17. The Kier molecular flexibility index (Phi) is 4.62. The minimum absolute atomic E-state index is 0.00730. The van der Waals surface area contributed by atoms with Crippen molar-refractivity contribution in [3.05, 3.63) is 29.7 Å². The van der Waals surface area contributed by atoms with Gasteiger partial charge in [0.1, 0.15) is 5.70 Å². The molecule has 2 rings (SSSR count). The van der Waals surface area contributed by atoms with Crippen molar-refractivity contribution < 1.29 is 28.6 Å². The molecule has 118 valence electrons. The Morgan fingerprint density at radius 2 is 2.00 bits per heavy atom. The van der Waals surface area contributed by atoms with E-state index in [-0.39, 0.29) is 36.0 Å². The minimum atomic E-state index is -0.723. The third kappa shape index (κ3) is 2.73. The topological polar surface area (TPSA) is 88.1 Å². The number of rotatable bonds is 6. The fourth-order valence-electron chi connectivity index (χ4n) is 2.05. The Morgan fingerprint density at radius 1 is 1.27 bits per heavy atom. The molecular weight excluding hydrogens is 295 g/mol. The number of methoxy groups -OCH3 is 2. The van der Waals surface area contributed by atoms with Gasteiger partial charge in [-0.15, -0.1) is 0 Å². The zero-order chi connectivity index (χ0) is 16.3. The van der Waals surface area contributed by atoms with Gasteiger partial charge in [-0.3, -0.25) is 14.5 Å². The van der Waals surface area contributed by atoms with Gasteiger partial charge in [0.2, 0.25) is 5.82 Å². The molecule has 0 aromatic heterocycles. The van der Waals surface area contributed by atoms with Gasteiger partial charge in [-0.05, 0) is 12.1 Å². The first-order valence-corrected chi connectivity index (χ1v) is 6.39. The average molecular weight is 310 g/mol. The molecular formula is C14H15FN2O5. The van der Waals surface area contributed by atoms with Gasteiger partial charge in [-0.2, -0.15) is 4.39 Å². The number of anilines is 1. The maximum atomic E-state index is 14.1. The molecule has 8 heteroatoms. The smallest absolute Gasteiger partial charge is 0.277 e. The van der Waals surface area contributed by atoms with Crippen molar-refractivity contribution in [3.63, 3.8) is 0 Å². The molecule has 22 heavy (non-hydrogen) atoms. The molecule has 1 heterocycles. The number of imide groups is 1. The molecule has 0 fully saturated rings. The van der Waals surface area contributed by atoms with Crippen LogP contribution >= 0.6 is 0 Å². The van der Waals surface area contributed by atoms with Crippen molar-refractivity contribution in [2.75, 3.05) is 32.7 Å². The van der Waals surface area contributed by atoms with Gasteiger partial charge >= 0.3 is 0 Å². The monoisotopic (exact) mass is 310 g/mol. The predicted molar refractivity (Wildman–Crippen MR) is 75.0 cm³/mol. The van der Waals surface area contributed by atoms with E-state index >= 15 is 0 Å². The quantitative estimate of drug-likeness (QED) is 0.744. The summed E-state index contributed by atoms with van der Waals surface area (Å²) in [5, 5.41) is 11.5. The summed E-state index contributed by atoms with van der Waals surface area (Å²) < 4.78 is 23.9. The summed E-state index contributed by atoms with van der Waals surface area (Å²) >= 11 is 0. The first kappa shape index (κ1) is 15.8. The van der Waals surface area contributed by atoms with Gasteiger partial charge in [0, 0.05) is 6.08 Å². The molecule has 1 aliphatic heterocycles. The highest BCUT2D eigenvalue weighted by atomic mass is 19.1. The molecule has 1 aromatic carbocycles. The molecule has 0 saturated carbocycles. The van der Waals surface area contributed by atoms with Gasteiger partial charge in [-0.25, -0.2) is 0 Å². The molecule has 7 nitrogen and oxygen atoms in total. The lowest BCUT2D eigenvalue weighted by Gasteiger charge is -2.15. The lowest BCUT2D eigenvalue weighted by molar-refractivity contribution is -0.137. The van der Waals surface area contributed by atoms with Crippen molar-refractivity contribution in [2.24, 2.45) is 0 Å². The third-order valence-corrected chi connectivity index (χ3v) is 3.09. The van der Waals surface area contributed by atoms with Crippen LogP contribution in [-0.2, 0) is 9.59 Å². The second-order valence-electron chi connectivity index (χ2n) is 4.36. The van der Waals surface area contributed by atoms with Crippen LogP contribution in [0.2, 0.25) is 0 Å². The highest BCUT2D eigenvalue weighted by Gasteiger charge is 2.31. The standard InChI is InChI=1S/C14H15FN2O5/c1-21-10-4-3-8(13(22-2)12(10)15)16-9-7-11(19)17(5-6-18)14(9)20/h3-4,7,16,18H,5-6H2,1-2H3. The molecule has 0 saturated heterocycles. The third-order valence-electron chi connectivity index (χ3n) is 3.09. The number of carbonyl (C=O) groups excluding carboxylic acids is 2. The number of hydrogen-bond acceptors (Lipinski definition) is 6. The number of aliphatic hydroxyl groups is 1. The summed E-state index contributed by atoms with van der Waals surface area (Å²) in [6.45, 7) is -0.438. The molecule has 1 aromatic rings. The van der Waals surface area contributed by atoms with Gasteiger partial charge in [0.15, 0.2) is 11.5 Å². The molecule has 0 unspecified atom stereocenters. The molecule has 2 amide bonds. The second-order valence-corrected chi connectivity index (χ2v) is 4.36. The van der Waals surface area contributed by atoms with E-state index in [1.165, 1.54) is 26.4 Å². The Bertz CT molecular complexity index is 644. The number of β-amino-alcohol motifs (C(OH)–C–C–N with tert-alkyl or cyclic N) is 1. The maximum Gasteiger partial charge on any atom is 0.277 e. The minimum Gasteiger partial charge on any atom is -0.494 e. The summed E-state index contributed by atoms with van der Waals surface area (Å²) in [5.74, 6) is -2.01. The van der Waals surface area contributed by atoms with Gasteiger partial charge < -0.3 is 19.9 Å². The molecule has 0 radical (unpaired) electrons. The van der Waals surface area contributed by atoms with E-state index in [1.54, 1.807) is 0 Å². The molecule has 2 N–H and O–H groups in total. The van der Waals surface area contributed by atoms with E-state index in [2.05, 4.69) is 5.32 Å².